The molecule has 0 bridgehead atoms. The molecule has 7 heteroatoms. The Morgan fingerprint density at radius 1 is 1.04 bits per heavy atom. The third kappa shape index (κ3) is 3.98. The Hall–Kier alpha value is -2.80. The number of rotatable bonds is 7. The number of oxazole rings is 1. The Balaban J connectivity index is 1.36. The Bertz CT molecular complexity index is 1080. The summed E-state index contributed by atoms with van der Waals surface area (Å²) in [6.45, 7) is 2.65. The second-order valence-electron chi connectivity index (χ2n) is 6.31. The Morgan fingerprint density at radius 3 is 2.67 bits per heavy atom. The molecule has 6 nitrogen and oxygen atoms in total. The van der Waals surface area contributed by atoms with Gasteiger partial charge in [-0.05, 0) is 23.6 Å². The number of hydrogen-bond acceptors (Lipinski definition) is 6. The molecule has 0 radical (unpaired) electrons. The number of hydrogen-bond donors (Lipinski definition) is 0. The topological polar surface area (TPSA) is 74.1 Å². The lowest BCUT2D eigenvalue weighted by Crippen LogP contribution is -2.15. The first-order chi connectivity index (χ1) is 13.2. The van der Waals surface area contributed by atoms with Gasteiger partial charge in [0.2, 0.25) is 5.89 Å². The minimum absolute atomic E-state index is 0.306. The highest BCUT2D eigenvalue weighted by Gasteiger charge is 2.13. The third-order valence-electron chi connectivity index (χ3n) is 4.41. The fourth-order valence-electron chi connectivity index (χ4n) is 2.99. The molecular formula is C20H19N3O3S. The van der Waals surface area contributed by atoms with Gasteiger partial charge in [-0.3, -0.25) is 4.57 Å². The molecule has 1 atom stereocenters. The van der Waals surface area contributed by atoms with Gasteiger partial charge in [0.05, 0.1) is 5.52 Å². The highest BCUT2D eigenvalue weighted by atomic mass is 32.2. The van der Waals surface area contributed by atoms with Crippen molar-refractivity contribution in [3.63, 3.8) is 0 Å². The molecule has 0 aliphatic heterocycles. The molecule has 0 spiro atoms. The largest absolute Gasteiger partial charge is 0.419 e. The molecule has 0 N–H and O–H groups in total. The average Bonchev–Trinajstić information content (AvgIpc) is 3.26. The van der Waals surface area contributed by atoms with Gasteiger partial charge in [0.1, 0.15) is 0 Å². The fraction of sp³-hybridized carbons (Fsp3) is 0.250. The predicted octanol–water partition coefficient (Wildman–Crippen LogP) is 4.12. The lowest BCUT2D eigenvalue weighted by molar-refractivity contribution is 0.404. The summed E-state index contributed by atoms with van der Waals surface area (Å²) < 4.78 is 12.6. The molecule has 138 valence electrons. The van der Waals surface area contributed by atoms with Crippen LogP contribution in [0.5, 0.6) is 0 Å². The van der Waals surface area contributed by atoms with Crippen molar-refractivity contribution < 1.29 is 8.83 Å². The third-order valence-corrected chi connectivity index (χ3v) is 5.21. The van der Waals surface area contributed by atoms with Crippen LogP contribution in [0.2, 0.25) is 0 Å². The van der Waals surface area contributed by atoms with Gasteiger partial charge in [-0.1, -0.05) is 61.2 Å². The fourth-order valence-corrected chi connectivity index (χ4v) is 3.69. The Morgan fingerprint density at radius 2 is 1.81 bits per heavy atom. The van der Waals surface area contributed by atoms with Gasteiger partial charge < -0.3 is 8.83 Å². The summed E-state index contributed by atoms with van der Waals surface area (Å²) in [5.74, 6) is 1.22. The van der Waals surface area contributed by atoms with Crippen molar-refractivity contribution >= 4 is 22.9 Å². The van der Waals surface area contributed by atoms with Crippen molar-refractivity contribution in [2.75, 3.05) is 5.75 Å². The van der Waals surface area contributed by atoms with Crippen LogP contribution in [0, 0.1) is 0 Å². The highest BCUT2D eigenvalue weighted by molar-refractivity contribution is 7.99. The molecule has 0 fully saturated rings. The van der Waals surface area contributed by atoms with E-state index in [0.29, 0.717) is 41.3 Å². The molecule has 0 aliphatic carbocycles. The number of fused-ring (bicyclic) bond motifs is 1. The van der Waals surface area contributed by atoms with Crippen LogP contribution in [-0.2, 0) is 13.0 Å². The molecule has 0 amide bonds. The van der Waals surface area contributed by atoms with E-state index in [0.717, 1.165) is 5.52 Å². The second kappa shape index (κ2) is 7.84. The number of para-hydroxylation sites is 2. The van der Waals surface area contributed by atoms with Crippen LogP contribution in [0.4, 0.5) is 0 Å². The standard InChI is InChI=1S/C20H19N3O3S/c1-14(15-7-3-2-4-8-15)13-18-21-22-19(26-18)27-12-11-23-16-9-5-6-10-17(16)25-20(23)24/h2-10,14H,11-13H2,1H3. The van der Waals surface area contributed by atoms with Crippen LogP contribution in [0.1, 0.15) is 24.3 Å². The maximum atomic E-state index is 12.0. The van der Waals surface area contributed by atoms with Crippen molar-refractivity contribution in [2.45, 2.75) is 31.0 Å². The number of benzene rings is 2. The van der Waals surface area contributed by atoms with E-state index in [1.165, 1.54) is 17.3 Å². The molecule has 4 rings (SSSR count). The minimum Gasteiger partial charge on any atom is -0.416 e. The molecule has 2 aromatic heterocycles. The quantitative estimate of drug-likeness (QED) is 0.448. The van der Waals surface area contributed by atoms with E-state index in [9.17, 15) is 4.79 Å². The normalized spacial score (nSPS) is 12.5. The van der Waals surface area contributed by atoms with E-state index in [4.69, 9.17) is 8.83 Å². The average molecular weight is 381 g/mol. The van der Waals surface area contributed by atoms with Gasteiger partial charge in [-0.15, -0.1) is 10.2 Å². The molecule has 2 aromatic carbocycles. The monoisotopic (exact) mass is 381 g/mol. The van der Waals surface area contributed by atoms with Crippen LogP contribution in [0.15, 0.2) is 73.4 Å². The molecule has 1 unspecified atom stereocenters. The Labute approximate surface area is 160 Å². The van der Waals surface area contributed by atoms with Crippen molar-refractivity contribution in [2.24, 2.45) is 0 Å². The van der Waals surface area contributed by atoms with E-state index in [1.54, 1.807) is 10.6 Å². The van der Waals surface area contributed by atoms with Crippen LogP contribution in [0.25, 0.3) is 11.1 Å². The first kappa shape index (κ1) is 17.6. The zero-order valence-corrected chi connectivity index (χ0v) is 15.7. The maximum Gasteiger partial charge on any atom is 0.419 e. The zero-order chi connectivity index (χ0) is 18.6. The van der Waals surface area contributed by atoms with E-state index in [-0.39, 0.29) is 5.76 Å². The summed E-state index contributed by atoms with van der Waals surface area (Å²) in [5.41, 5.74) is 2.64. The van der Waals surface area contributed by atoms with Crippen molar-refractivity contribution in [3.05, 3.63) is 76.6 Å². The van der Waals surface area contributed by atoms with E-state index in [2.05, 4.69) is 29.3 Å². The van der Waals surface area contributed by atoms with Crippen molar-refractivity contribution in [3.8, 4) is 0 Å². The van der Waals surface area contributed by atoms with Gasteiger partial charge in [-0.25, -0.2) is 4.79 Å². The van der Waals surface area contributed by atoms with Gasteiger partial charge in [0, 0.05) is 18.7 Å². The van der Waals surface area contributed by atoms with Crippen molar-refractivity contribution in [1.29, 1.82) is 0 Å². The van der Waals surface area contributed by atoms with Gasteiger partial charge in [0.15, 0.2) is 5.58 Å². The first-order valence-corrected chi connectivity index (χ1v) is 9.78. The minimum atomic E-state index is -0.347. The smallest absolute Gasteiger partial charge is 0.416 e. The SMILES string of the molecule is CC(Cc1nnc(SCCn2c(=O)oc3ccccc32)o1)c1ccccc1. The second-order valence-corrected chi connectivity index (χ2v) is 7.36. The molecule has 4 aromatic rings. The van der Waals surface area contributed by atoms with E-state index in [1.807, 2.05) is 36.4 Å². The molecule has 2 heterocycles. The van der Waals surface area contributed by atoms with Crippen LogP contribution < -0.4 is 5.76 Å². The molecule has 0 saturated carbocycles. The van der Waals surface area contributed by atoms with Crippen LogP contribution >= 0.6 is 11.8 Å². The van der Waals surface area contributed by atoms with Gasteiger partial charge >= 0.3 is 5.76 Å². The predicted molar refractivity (Wildman–Crippen MR) is 104 cm³/mol. The summed E-state index contributed by atoms with van der Waals surface area (Å²) in [7, 11) is 0. The van der Waals surface area contributed by atoms with Crippen LogP contribution in [0.3, 0.4) is 0 Å². The molecule has 0 aliphatic rings. The summed E-state index contributed by atoms with van der Waals surface area (Å²) in [6.07, 6.45) is 0.698. The number of aromatic nitrogens is 3. The van der Waals surface area contributed by atoms with E-state index >= 15 is 0 Å². The Kier molecular flexibility index (Phi) is 5.11. The first-order valence-electron chi connectivity index (χ1n) is 8.79. The summed E-state index contributed by atoms with van der Waals surface area (Å²) in [4.78, 5) is 12.0. The molecular weight excluding hydrogens is 362 g/mol. The maximum absolute atomic E-state index is 12.0. The molecule has 0 saturated heterocycles. The van der Waals surface area contributed by atoms with Gasteiger partial charge in [-0.2, -0.15) is 0 Å². The number of thioether (sulfide) groups is 1. The summed E-state index contributed by atoms with van der Waals surface area (Å²) >= 11 is 1.44. The summed E-state index contributed by atoms with van der Waals surface area (Å²) in [5, 5.41) is 8.76. The number of aryl methyl sites for hydroxylation is 1. The highest BCUT2D eigenvalue weighted by Crippen LogP contribution is 2.22. The lowest BCUT2D eigenvalue weighted by Gasteiger charge is -2.08. The summed E-state index contributed by atoms with van der Waals surface area (Å²) in [6, 6.07) is 17.7. The van der Waals surface area contributed by atoms with Gasteiger partial charge in [0.25, 0.3) is 5.22 Å². The van der Waals surface area contributed by atoms with Crippen molar-refractivity contribution in [1.82, 2.24) is 14.8 Å². The number of nitrogens with zero attached hydrogens (tertiary/aromatic N) is 3. The van der Waals surface area contributed by atoms with E-state index < -0.39 is 0 Å². The lowest BCUT2D eigenvalue weighted by atomic mass is 9.98. The van der Waals surface area contributed by atoms with Crippen LogP contribution in [-0.4, -0.2) is 20.5 Å². The zero-order valence-electron chi connectivity index (χ0n) is 14.9. The molecule has 27 heavy (non-hydrogen) atoms.